The Balaban J connectivity index is 1.82. The smallest absolute Gasteiger partial charge is 0.387 e. The first-order chi connectivity index (χ1) is 12.0. The van der Waals surface area contributed by atoms with E-state index in [1.807, 2.05) is 0 Å². The maximum atomic E-state index is 12.5. The fraction of sp³-hybridized carbons (Fsp3) is 0.278. The topological polar surface area (TPSA) is 30.8 Å². The number of aliphatic imine (C=N–C) groups is 1. The average molecular weight is 386 g/mol. The zero-order chi connectivity index (χ0) is 17.8. The van der Waals surface area contributed by atoms with E-state index in [4.69, 9.17) is 27.9 Å². The van der Waals surface area contributed by atoms with E-state index >= 15 is 0 Å². The molecule has 3 rings (SSSR count). The number of hydrogen-bond donors (Lipinski definition) is 0. The summed E-state index contributed by atoms with van der Waals surface area (Å²) in [6.45, 7) is -2.43. The third kappa shape index (κ3) is 5.06. The number of para-hydroxylation sites is 1. The van der Waals surface area contributed by atoms with E-state index in [1.165, 1.54) is 6.07 Å². The van der Waals surface area contributed by atoms with E-state index < -0.39 is 6.61 Å². The van der Waals surface area contributed by atoms with Gasteiger partial charge in [0.25, 0.3) is 0 Å². The Bertz CT molecular complexity index is 759. The molecular weight excluding hydrogens is 371 g/mol. The summed E-state index contributed by atoms with van der Waals surface area (Å²) in [5.41, 5.74) is 1.10. The predicted octanol–water partition coefficient (Wildman–Crippen LogP) is 6.13. The Hall–Kier alpha value is -1.85. The van der Waals surface area contributed by atoms with Crippen LogP contribution in [0.15, 0.2) is 41.4 Å². The lowest BCUT2D eigenvalue weighted by molar-refractivity contribution is -0.0515. The highest BCUT2D eigenvalue weighted by Crippen LogP contribution is 2.35. The van der Waals surface area contributed by atoms with Crippen molar-refractivity contribution >= 4 is 35.1 Å². The van der Waals surface area contributed by atoms with Gasteiger partial charge in [-0.1, -0.05) is 29.3 Å². The Labute approximate surface area is 154 Å². The van der Waals surface area contributed by atoms with Gasteiger partial charge in [-0.15, -0.1) is 0 Å². The van der Waals surface area contributed by atoms with E-state index in [9.17, 15) is 8.78 Å². The molecule has 0 atom stereocenters. The number of halogens is 4. The Morgan fingerprint density at radius 1 is 1.12 bits per heavy atom. The maximum Gasteiger partial charge on any atom is 0.387 e. The molecule has 0 spiro atoms. The third-order valence-electron chi connectivity index (χ3n) is 3.64. The molecule has 132 valence electrons. The van der Waals surface area contributed by atoms with Gasteiger partial charge in [-0.25, -0.2) is 0 Å². The second-order valence-electron chi connectivity index (χ2n) is 5.67. The van der Waals surface area contributed by atoms with Crippen LogP contribution in [0.25, 0.3) is 0 Å². The predicted molar refractivity (Wildman–Crippen MR) is 95.0 cm³/mol. The fourth-order valence-corrected chi connectivity index (χ4v) is 2.65. The van der Waals surface area contributed by atoms with Gasteiger partial charge in [0.2, 0.25) is 0 Å². The van der Waals surface area contributed by atoms with E-state index in [0.717, 1.165) is 12.8 Å². The quantitative estimate of drug-likeness (QED) is 0.536. The molecule has 0 amide bonds. The number of benzene rings is 2. The van der Waals surface area contributed by atoms with E-state index in [2.05, 4.69) is 9.73 Å². The minimum absolute atomic E-state index is 0.00331. The van der Waals surface area contributed by atoms with Crippen LogP contribution in [-0.4, -0.2) is 19.4 Å². The molecule has 2 aromatic rings. The molecule has 2 aromatic carbocycles. The molecule has 0 saturated heterocycles. The number of hydrogen-bond acceptors (Lipinski definition) is 3. The summed E-state index contributed by atoms with van der Waals surface area (Å²) in [6, 6.07) is 9.74. The second kappa shape index (κ2) is 8.02. The highest BCUT2D eigenvalue weighted by molar-refractivity contribution is 6.38. The van der Waals surface area contributed by atoms with Gasteiger partial charge in [-0.2, -0.15) is 8.78 Å². The molecule has 25 heavy (non-hydrogen) atoms. The van der Waals surface area contributed by atoms with Crippen LogP contribution in [0, 0.1) is 5.92 Å². The first kappa shape index (κ1) is 18.0. The van der Waals surface area contributed by atoms with Crippen molar-refractivity contribution in [1.29, 1.82) is 0 Å². The van der Waals surface area contributed by atoms with Crippen LogP contribution in [0.5, 0.6) is 11.5 Å². The summed E-state index contributed by atoms with van der Waals surface area (Å²) in [4.78, 5) is 4.28. The van der Waals surface area contributed by atoms with Crippen LogP contribution >= 0.6 is 23.2 Å². The summed E-state index contributed by atoms with van der Waals surface area (Å²) in [7, 11) is 0. The molecule has 1 aliphatic rings. The molecule has 1 saturated carbocycles. The summed E-state index contributed by atoms with van der Waals surface area (Å²) in [5.74, 6) is 0.753. The van der Waals surface area contributed by atoms with Crippen LogP contribution in [-0.2, 0) is 0 Å². The van der Waals surface area contributed by atoms with Gasteiger partial charge in [-0.05, 0) is 54.7 Å². The SMILES string of the molecule is FC(F)Oc1ccc(C=Nc2c(Cl)cccc2Cl)cc1OCC1CC1. The number of rotatable bonds is 7. The fourth-order valence-electron chi connectivity index (χ4n) is 2.15. The van der Waals surface area contributed by atoms with Gasteiger partial charge in [0.15, 0.2) is 11.5 Å². The van der Waals surface area contributed by atoms with Crippen LogP contribution in [0.1, 0.15) is 18.4 Å². The first-order valence-corrected chi connectivity index (χ1v) is 8.48. The first-order valence-electron chi connectivity index (χ1n) is 7.72. The van der Waals surface area contributed by atoms with Crippen molar-refractivity contribution in [2.45, 2.75) is 19.5 Å². The minimum atomic E-state index is -2.91. The molecule has 0 aromatic heterocycles. The Morgan fingerprint density at radius 3 is 2.48 bits per heavy atom. The lowest BCUT2D eigenvalue weighted by atomic mass is 10.2. The number of alkyl halides is 2. The Morgan fingerprint density at radius 2 is 1.84 bits per heavy atom. The van der Waals surface area contributed by atoms with Crippen LogP contribution in [0.3, 0.4) is 0 Å². The summed E-state index contributed by atoms with van der Waals surface area (Å²) in [5, 5.41) is 0.846. The zero-order valence-corrected chi connectivity index (χ0v) is 14.6. The summed E-state index contributed by atoms with van der Waals surface area (Å²) < 4.78 is 35.2. The maximum absolute atomic E-state index is 12.5. The van der Waals surface area contributed by atoms with Gasteiger partial charge in [0.05, 0.1) is 16.7 Å². The van der Waals surface area contributed by atoms with E-state index in [1.54, 1.807) is 36.5 Å². The average Bonchev–Trinajstić information content (AvgIpc) is 3.38. The summed E-state index contributed by atoms with van der Waals surface area (Å²) >= 11 is 12.1. The molecule has 1 aliphatic carbocycles. The largest absolute Gasteiger partial charge is 0.489 e. The van der Waals surface area contributed by atoms with E-state index in [0.29, 0.717) is 33.8 Å². The zero-order valence-electron chi connectivity index (χ0n) is 13.1. The van der Waals surface area contributed by atoms with Crippen molar-refractivity contribution < 1.29 is 18.3 Å². The normalized spacial score (nSPS) is 14.3. The van der Waals surface area contributed by atoms with Gasteiger partial charge < -0.3 is 9.47 Å². The van der Waals surface area contributed by atoms with Gasteiger partial charge in [0, 0.05) is 6.21 Å². The van der Waals surface area contributed by atoms with Gasteiger partial charge in [0.1, 0.15) is 5.69 Å². The Kier molecular flexibility index (Phi) is 5.76. The van der Waals surface area contributed by atoms with Crippen LogP contribution < -0.4 is 9.47 Å². The molecule has 0 bridgehead atoms. The van der Waals surface area contributed by atoms with Crippen molar-refractivity contribution in [2.24, 2.45) is 10.9 Å². The molecule has 0 unspecified atom stereocenters. The van der Waals surface area contributed by atoms with Crippen molar-refractivity contribution in [3.05, 3.63) is 52.0 Å². The van der Waals surface area contributed by atoms with E-state index in [-0.39, 0.29) is 11.5 Å². The monoisotopic (exact) mass is 385 g/mol. The molecular formula is C18H15Cl2F2NO2. The number of ether oxygens (including phenoxy) is 2. The van der Waals surface area contributed by atoms with Crippen molar-refractivity contribution in [3.63, 3.8) is 0 Å². The van der Waals surface area contributed by atoms with Crippen LogP contribution in [0.2, 0.25) is 10.0 Å². The van der Waals surface area contributed by atoms with Crippen molar-refractivity contribution in [2.75, 3.05) is 6.61 Å². The van der Waals surface area contributed by atoms with Crippen molar-refractivity contribution in [1.82, 2.24) is 0 Å². The standard InChI is InChI=1S/C18H15Cl2F2NO2/c19-13-2-1-3-14(20)17(13)23-9-12-6-7-15(25-18(21)22)16(8-12)24-10-11-4-5-11/h1-3,6-9,11,18H,4-5,10H2. The van der Waals surface area contributed by atoms with Crippen molar-refractivity contribution in [3.8, 4) is 11.5 Å². The van der Waals surface area contributed by atoms with Gasteiger partial charge in [-0.3, -0.25) is 4.99 Å². The lowest BCUT2D eigenvalue weighted by Gasteiger charge is -2.12. The molecule has 7 heteroatoms. The lowest BCUT2D eigenvalue weighted by Crippen LogP contribution is -2.06. The molecule has 0 radical (unpaired) electrons. The third-order valence-corrected chi connectivity index (χ3v) is 4.25. The molecule has 0 heterocycles. The highest BCUT2D eigenvalue weighted by Gasteiger charge is 2.23. The molecule has 0 N–H and O–H groups in total. The number of nitrogens with zero attached hydrogens (tertiary/aromatic N) is 1. The molecule has 0 aliphatic heterocycles. The molecule has 3 nitrogen and oxygen atoms in total. The second-order valence-corrected chi connectivity index (χ2v) is 6.48. The minimum Gasteiger partial charge on any atom is -0.489 e. The van der Waals surface area contributed by atoms with Gasteiger partial charge >= 0.3 is 6.61 Å². The highest BCUT2D eigenvalue weighted by atomic mass is 35.5. The van der Waals surface area contributed by atoms with Crippen LogP contribution in [0.4, 0.5) is 14.5 Å². The summed E-state index contributed by atoms with van der Waals surface area (Å²) in [6.07, 6.45) is 3.73. The molecule has 1 fully saturated rings.